The summed E-state index contributed by atoms with van der Waals surface area (Å²) >= 11 is 2.16. The Morgan fingerprint density at radius 1 is 1.36 bits per heavy atom. The molecule has 0 aliphatic heterocycles. The van der Waals surface area contributed by atoms with Crippen molar-refractivity contribution in [3.8, 4) is 6.01 Å². The number of benzene rings is 1. The topological polar surface area (TPSA) is 81.9 Å². The number of imidazole rings is 1. The molecule has 0 unspecified atom stereocenters. The Morgan fingerprint density at radius 3 is 2.91 bits per heavy atom. The van der Waals surface area contributed by atoms with Crippen LogP contribution in [0.25, 0.3) is 11.2 Å². The second-order valence-corrected chi connectivity index (χ2v) is 5.80. The van der Waals surface area contributed by atoms with Crippen LogP contribution in [0.5, 0.6) is 6.01 Å². The maximum atomic E-state index is 12.4. The number of nitrogens with zero attached hydrogens (tertiary/aromatic N) is 4. The molecule has 1 amide bonds. The van der Waals surface area contributed by atoms with E-state index in [1.54, 1.807) is 23.0 Å². The molecular weight excluding hydrogens is 397 g/mol. The molecule has 0 atom stereocenters. The fourth-order valence-corrected chi connectivity index (χ4v) is 2.52. The average molecular weight is 409 g/mol. The van der Waals surface area contributed by atoms with E-state index < -0.39 is 0 Å². The van der Waals surface area contributed by atoms with Gasteiger partial charge in [0.05, 0.1) is 13.4 Å². The van der Waals surface area contributed by atoms with Gasteiger partial charge in [-0.1, -0.05) is 6.07 Å². The summed E-state index contributed by atoms with van der Waals surface area (Å²) in [6, 6.07) is 7.46. The van der Waals surface area contributed by atoms with Crippen molar-refractivity contribution in [3.63, 3.8) is 0 Å². The van der Waals surface area contributed by atoms with Crippen LogP contribution in [-0.4, -0.2) is 32.5 Å². The molecule has 0 bridgehead atoms. The minimum Gasteiger partial charge on any atom is -0.467 e. The summed E-state index contributed by atoms with van der Waals surface area (Å²) in [4.78, 5) is 25.0. The lowest BCUT2D eigenvalue weighted by molar-refractivity contribution is 0.102. The van der Waals surface area contributed by atoms with Crippen LogP contribution in [0.15, 0.2) is 30.6 Å². The summed E-state index contributed by atoms with van der Waals surface area (Å²) in [5.74, 6) is 0.0672. The number of aromatic nitrogens is 4. The molecule has 112 valence electrons. The summed E-state index contributed by atoms with van der Waals surface area (Å²) in [7, 11) is 3.29. The lowest BCUT2D eigenvalue weighted by atomic mass is 10.2. The molecule has 7 nitrogen and oxygen atoms in total. The molecule has 0 spiro atoms. The van der Waals surface area contributed by atoms with E-state index in [1.807, 2.05) is 19.2 Å². The first-order valence-electron chi connectivity index (χ1n) is 6.38. The van der Waals surface area contributed by atoms with Crippen molar-refractivity contribution in [3.05, 3.63) is 39.7 Å². The quantitative estimate of drug-likeness (QED) is 0.672. The molecule has 1 N–H and O–H groups in total. The summed E-state index contributed by atoms with van der Waals surface area (Å²) in [5.41, 5.74) is 1.65. The SMILES string of the molecule is COc1nc(NC(=O)c2cccc(I)c2)c2ncn(C)c2n1. The highest BCUT2D eigenvalue weighted by Gasteiger charge is 2.15. The Balaban J connectivity index is 2.01. The van der Waals surface area contributed by atoms with Crippen molar-refractivity contribution in [2.75, 3.05) is 12.4 Å². The Morgan fingerprint density at radius 2 is 2.18 bits per heavy atom. The van der Waals surface area contributed by atoms with Gasteiger partial charge in [-0.15, -0.1) is 0 Å². The molecule has 2 heterocycles. The molecular formula is C14H12IN5O2. The first-order valence-corrected chi connectivity index (χ1v) is 7.46. The number of anilines is 1. The Labute approximate surface area is 139 Å². The predicted molar refractivity (Wildman–Crippen MR) is 90.0 cm³/mol. The number of rotatable bonds is 3. The van der Waals surface area contributed by atoms with Crippen LogP contribution in [0.4, 0.5) is 5.82 Å². The number of ether oxygens (including phenoxy) is 1. The fourth-order valence-electron chi connectivity index (χ4n) is 1.97. The minimum atomic E-state index is -0.258. The predicted octanol–water partition coefficient (Wildman–Crippen LogP) is 2.23. The van der Waals surface area contributed by atoms with E-state index in [0.717, 1.165) is 3.57 Å². The second-order valence-electron chi connectivity index (χ2n) is 4.55. The Kier molecular flexibility index (Phi) is 3.92. The number of hydrogen-bond donors (Lipinski definition) is 1. The molecule has 8 heteroatoms. The maximum absolute atomic E-state index is 12.4. The number of methoxy groups -OCH3 is 1. The standard InChI is InChI=1S/C14H12IN5O2/c1-20-7-16-10-11(18-14(22-2)19-12(10)20)17-13(21)8-4-3-5-9(15)6-8/h3-7H,1-2H3,(H,17,18,19,21). The van der Waals surface area contributed by atoms with Gasteiger partial charge >= 0.3 is 6.01 Å². The number of halogens is 1. The highest BCUT2D eigenvalue weighted by molar-refractivity contribution is 14.1. The second kappa shape index (κ2) is 5.87. The molecule has 0 saturated carbocycles. The van der Waals surface area contributed by atoms with Gasteiger partial charge in [0, 0.05) is 16.2 Å². The van der Waals surface area contributed by atoms with Gasteiger partial charge in [-0.25, -0.2) is 4.98 Å². The molecule has 3 rings (SSSR count). The van der Waals surface area contributed by atoms with Crippen molar-refractivity contribution in [1.29, 1.82) is 0 Å². The largest absolute Gasteiger partial charge is 0.467 e. The van der Waals surface area contributed by atoms with E-state index in [2.05, 4.69) is 42.9 Å². The third-order valence-corrected chi connectivity index (χ3v) is 3.71. The number of amides is 1. The zero-order valence-electron chi connectivity index (χ0n) is 11.9. The molecule has 3 aromatic rings. The lowest BCUT2D eigenvalue weighted by Crippen LogP contribution is -2.14. The smallest absolute Gasteiger partial charge is 0.320 e. The monoisotopic (exact) mass is 409 g/mol. The van der Waals surface area contributed by atoms with Gasteiger partial charge in [0.2, 0.25) is 0 Å². The van der Waals surface area contributed by atoms with E-state index in [0.29, 0.717) is 22.5 Å². The lowest BCUT2D eigenvalue weighted by Gasteiger charge is -2.07. The maximum Gasteiger partial charge on any atom is 0.320 e. The molecule has 22 heavy (non-hydrogen) atoms. The van der Waals surface area contributed by atoms with E-state index in [-0.39, 0.29) is 11.9 Å². The van der Waals surface area contributed by atoms with Crippen LogP contribution in [0.3, 0.4) is 0 Å². The van der Waals surface area contributed by atoms with Gasteiger partial charge in [0.25, 0.3) is 5.91 Å². The van der Waals surface area contributed by atoms with Crippen LogP contribution in [0.2, 0.25) is 0 Å². The molecule has 0 aliphatic carbocycles. The number of hydrogen-bond acceptors (Lipinski definition) is 5. The Hall–Kier alpha value is -2.23. The summed E-state index contributed by atoms with van der Waals surface area (Å²) in [6.07, 6.45) is 1.61. The zero-order chi connectivity index (χ0) is 15.7. The van der Waals surface area contributed by atoms with Crippen LogP contribution in [0, 0.1) is 3.57 Å². The van der Waals surface area contributed by atoms with Crippen LogP contribution < -0.4 is 10.1 Å². The minimum absolute atomic E-state index is 0.175. The first kappa shape index (κ1) is 14.7. The number of aryl methyl sites for hydroxylation is 1. The van der Waals surface area contributed by atoms with Gasteiger partial charge in [-0.3, -0.25) is 4.79 Å². The number of carbonyl (C=O) groups is 1. The fraction of sp³-hybridized carbons (Fsp3) is 0.143. The molecule has 0 aliphatic rings. The van der Waals surface area contributed by atoms with Crippen LogP contribution in [-0.2, 0) is 7.05 Å². The third kappa shape index (κ3) is 2.73. The third-order valence-electron chi connectivity index (χ3n) is 3.04. The van der Waals surface area contributed by atoms with Gasteiger partial charge in [0.1, 0.15) is 0 Å². The van der Waals surface area contributed by atoms with Gasteiger partial charge in [-0.05, 0) is 40.8 Å². The summed E-state index contributed by atoms with van der Waals surface area (Å²) in [5, 5.41) is 2.77. The summed E-state index contributed by atoms with van der Waals surface area (Å²) in [6.45, 7) is 0. The van der Waals surface area contributed by atoms with Crippen molar-refractivity contribution in [2.45, 2.75) is 0 Å². The number of fused-ring (bicyclic) bond motifs is 1. The molecule has 0 saturated heterocycles. The average Bonchev–Trinajstić information content (AvgIpc) is 2.89. The van der Waals surface area contributed by atoms with E-state index >= 15 is 0 Å². The van der Waals surface area contributed by atoms with Gasteiger partial charge < -0.3 is 14.6 Å². The first-order chi connectivity index (χ1) is 10.6. The van der Waals surface area contributed by atoms with E-state index in [9.17, 15) is 4.79 Å². The normalized spacial score (nSPS) is 10.7. The number of carbonyl (C=O) groups excluding carboxylic acids is 1. The molecule has 0 fully saturated rings. The van der Waals surface area contributed by atoms with Crippen LogP contribution >= 0.6 is 22.6 Å². The summed E-state index contributed by atoms with van der Waals surface area (Å²) < 4.78 is 7.79. The molecule has 0 radical (unpaired) electrons. The van der Waals surface area contributed by atoms with Gasteiger partial charge in [0.15, 0.2) is 17.0 Å². The van der Waals surface area contributed by atoms with Crippen molar-refractivity contribution in [1.82, 2.24) is 19.5 Å². The van der Waals surface area contributed by atoms with Crippen molar-refractivity contribution in [2.24, 2.45) is 7.05 Å². The van der Waals surface area contributed by atoms with Gasteiger partial charge in [-0.2, -0.15) is 9.97 Å². The van der Waals surface area contributed by atoms with Crippen molar-refractivity contribution >= 4 is 45.5 Å². The number of nitrogens with one attached hydrogen (secondary N) is 1. The highest BCUT2D eigenvalue weighted by atomic mass is 127. The van der Waals surface area contributed by atoms with E-state index in [1.165, 1.54) is 7.11 Å². The highest BCUT2D eigenvalue weighted by Crippen LogP contribution is 2.21. The van der Waals surface area contributed by atoms with Crippen molar-refractivity contribution < 1.29 is 9.53 Å². The zero-order valence-corrected chi connectivity index (χ0v) is 14.0. The van der Waals surface area contributed by atoms with Crippen LogP contribution in [0.1, 0.15) is 10.4 Å². The Bertz CT molecular complexity index is 862. The molecule has 2 aromatic heterocycles. The molecule has 1 aromatic carbocycles. The van der Waals surface area contributed by atoms with E-state index in [4.69, 9.17) is 4.74 Å².